The van der Waals surface area contributed by atoms with E-state index in [4.69, 9.17) is 16.3 Å². The molecular formula is C15H21ClN4O2S. The summed E-state index contributed by atoms with van der Waals surface area (Å²) < 4.78 is 5.17. The van der Waals surface area contributed by atoms with E-state index in [9.17, 15) is 4.79 Å². The zero-order valence-corrected chi connectivity index (χ0v) is 15.3. The zero-order valence-electron chi connectivity index (χ0n) is 13.7. The molecule has 2 aromatic rings. The van der Waals surface area contributed by atoms with Gasteiger partial charge in [-0.15, -0.1) is 11.3 Å². The maximum atomic E-state index is 11.5. The van der Waals surface area contributed by atoms with Crippen LogP contribution in [0.4, 0.5) is 10.6 Å². The molecule has 2 heterocycles. The Morgan fingerprint density at radius 2 is 2.09 bits per heavy atom. The molecule has 0 aliphatic carbocycles. The lowest BCUT2D eigenvalue weighted by atomic mass is 10.2. The second kappa shape index (κ2) is 7.31. The highest BCUT2D eigenvalue weighted by molar-refractivity contribution is 7.18. The number of carbonyl (C=O) groups is 1. The van der Waals surface area contributed by atoms with Gasteiger partial charge in [-0.25, -0.2) is 14.8 Å². The quantitative estimate of drug-likeness (QED) is 0.626. The van der Waals surface area contributed by atoms with Gasteiger partial charge in [-0.2, -0.15) is 0 Å². The van der Waals surface area contributed by atoms with E-state index in [1.165, 1.54) is 0 Å². The van der Waals surface area contributed by atoms with Crippen molar-refractivity contribution in [2.45, 2.75) is 39.7 Å². The van der Waals surface area contributed by atoms with Gasteiger partial charge in [0.05, 0.1) is 5.39 Å². The summed E-state index contributed by atoms with van der Waals surface area (Å²) in [6.07, 6.45) is 0.337. The van der Waals surface area contributed by atoms with Crippen LogP contribution in [0.1, 0.15) is 32.1 Å². The molecule has 2 aromatic heterocycles. The highest BCUT2D eigenvalue weighted by Crippen LogP contribution is 2.29. The number of rotatable bonds is 5. The SMILES string of the molecule is Cc1cc2c(NCCCNC(=O)OC(C)(C)C)nc(Cl)nc2s1. The molecule has 6 nitrogen and oxygen atoms in total. The number of amides is 1. The molecule has 2 rings (SSSR count). The molecule has 0 aromatic carbocycles. The minimum absolute atomic E-state index is 0.230. The maximum Gasteiger partial charge on any atom is 0.407 e. The Hall–Kier alpha value is -1.60. The van der Waals surface area contributed by atoms with Crippen LogP contribution in [0.5, 0.6) is 0 Å². The topological polar surface area (TPSA) is 76.1 Å². The van der Waals surface area contributed by atoms with Crippen LogP contribution in [0.3, 0.4) is 0 Å². The van der Waals surface area contributed by atoms with Gasteiger partial charge in [0.15, 0.2) is 0 Å². The molecule has 23 heavy (non-hydrogen) atoms. The summed E-state index contributed by atoms with van der Waals surface area (Å²) >= 11 is 7.53. The lowest BCUT2D eigenvalue weighted by Gasteiger charge is -2.19. The van der Waals surface area contributed by atoms with Crippen molar-refractivity contribution in [2.24, 2.45) is 0 Å². The molecule has 0 saturated heterocycles. The van der Waals surface area contributed by atoms with Gasteiger partial charge in [0.2, 0.25) is 5.28 Å². The summed E-state index contributed by atoms with van der Waals surface area (Å²) in [5.74, 6) is 0.724. The van der Waals surface area contributed by atoms with Gasteiger partial charge in [0, 0.05) is 18.0 Å². The van der Waals surface area contributed by atoms with Crippen molar-refractivity contribution in [1.82, 2.24) is 15.3 Å². The van der Waals surface area contributed by atoms with E-state index in [-0.39, 0.29) is 5.28 Å². The minimum Gasteiger partial charge on any atom is -0.444 e. The van der Waals surface area contributed by atoms with Crippen molar-refractivity contribution in [3.8, 4) is 0 Å². The number of anilines is 1. The summed E-state index contributed by atoms with van der Waals surface area (Å²) in [5.41, 5.74) is -0.484. The number of nitrogens with zero attached hydrogens (tertiary/aromatic N) is 2. The molecule has 0 aliphatic rings. The van der Waals surface area contributed by atoms with Gasteiger partial charge in [0.1, 0.15) is 16.2 Å². The average molecular weight is 357 g/mol. The first-order valence-corrected chi connectivity index (χ1v) is 8.58. The third-order valence-electron chi connectivity index (χ3n) is 2.80. The van der Waals surface area contributed by atoms with Crippen molar-refractivity contribution in [3.05, 3.63) is 16.2 Å². The van der Waals surface area contributed by atoms with E-state index < -0.39 is 11.7 Å². The van der Waals surface area contributed by atoms with Crippen molar-refractivity contribution < 1.29 is 9.53 Å². The van der Waals surface area contributed by atoms with Gasteiger partial charge in [-0.1, -0.05) is 0 Å². The Bertz CT molecular complexity index is 697. The first-order chi connectivity index (χ1) is 10.7. The van der Waals surface area contributed by atoms with Crippen molar-refractivity contribution in [3.63, 3.8) is 0 Å². The molecule has 0 bridgehead atoms. The van der Waals surface area contributed by atoms with Crippen molar-refractivity contribution >= 4 is 45.1 Å². The molecule has 126 valence electrons. The smallest absolute Gasteiger partial charge is 0.407 e. The van der Waals surface area contributed by atoms with Crippen molar-refractivity contribution in [1.29, 1.82) is 0 Å². The molecule has 0 spiro atoms. The summed E-state index contributed by atoms with van der Waals surface area (Å²) in [4.78, 5) is 22.0. The fourth-order valence-corrected chi connectivity index (χ4v) is 3.05. The molecule has 0 radical (unpaired) electrons. The highest BCUT2D eigenvalue weighted by atomic mass is 35.5. The number of alkyl carbamates (subject to hydrolysis) is 1. The molecule has 0 atom stereocenters. The first-order valence-electron chi connectivity index (χ1n) is 7.39. The Morgan fingerprint density at radius 3 is 2.78 bits per heavy atom. The Morgan fingerprint density at radius 1 is 1.35 bits per heavy atom. The van der Waals surface area contributed by atoms with Crippen LogP contribution < -0.4 is 10.6 Å². The number of fused-ring (bicyclic) bond motifs is 1. The van der Waals surface area contributed by atoms with Crippen LogP contribution in [0.25, 0.3) is 10.2 Å². The van der Waals surface area contributed by atoms with Gasteiger partial charge in [0.25, 0.3) is 0 Å². The maximum absolute atomic E-state index is 11.5. The zero-order chi connectivity index (χ0) is 17.0. The standard InChI is InChI=1S/C15H21ClN4O2S/c1-9-8-10-11(19-13(16)20-12(10)23-9)17-6-5-7-18-14(21)22-15(2,3)4/h8H,5-7H2,1-4H3,(H,18,21)(H,17,19,20). The number of halogens is 1. The van der Waals surface area contributed by atoms with E-state index in [1.807, 2.05) is 33.8 Å². The average Bonchev–Trinajstić information content (AvgIpc) is 2.76. The van der Waals surface area contributed by atoms with Gasteiger partial charge >= 0.3 is 6.09 Å². The first kappa shape index (κ1) is 17.7. The van der Waals surface area contributed by atoms with Gasteiger partial charge in [-0.3, -0.25) is 0 Å². The molecule has 0 unspecified atom stereocenters. The summed E-state index contributed by atoms with van der Waals surface area (Å²) in [7, 11) is 0. The van der Waals surface area contributed by atoms with Gasteiger partial charge in [-0.05, 0) is 51.8 Å². The number of carbonyl (C=O) groups excluding carboxylic acids is 1. The van der Waals surface area contributed by atoms with Crippen LogP contribution in [0.2, 0.25) is 5.28 Å². The predicted octanol–water partition coefficient (Wildman–Crippen LogP) is 3.98. The fourth-order valence-electron chi connectivity index (χ4n) is 1.95. The number of thiophene rings is 1. The van der Waals surface area contributed by atoms with Crippen LogP contribution in [0, 0.1) is 6.92 Å². The summed E-state index contributed by atoms with van der Waals surface area (Å²) in [5, 5.41) is 7.16. The third-order valence-corrected chi connectivity index (χ3v) is 3.92. The second-order valence-electron chi connectivity index (χ2n) is 6.13. The van der Waals surface area contributed by atoms with Crippen molar-refractivity contribution in [2.75, 3.05) is 18.4 Å². The number of aromatic nitrogens is 2. The number of hydrogen-bond donors (Lipinski definition) is 2. The largest absolute Gasteiger partial charge is 0.444 e. The summed E-state index contributed by atoms with van der Waals surface area (Å²) in [6, 6.07) is 2.04. The number of hydrogen-bond acceptors (Lipinski definition) is 6. The molecule has 2 N–H and O–H groups in total. The third kappa shape index (κ3) is 5.51. The molecule has 1 amide bonds. The Balaban J connectivity index is 1.82. The molecule has 0 saturated carbocycles. The minimum atomic E-state index is -0.484. The van der Waals surface area contributed by atoms with E-state index in [2.05, 4.69) is 20.6 Å². The molecule has 0 fully saturated rings. The van der Waals surface area contributed by atoms with E-state index >= 15 is 0 Å². The molecule has 0 aliphatic heterocycles. The number of aryl methyl sites for hydroxylation is 1. The normalized spacial score (nSPS) is 11.5. The summed E-state index contributed by atoms with van der Waals surface area (Å²) in [6.45, 7) is 8.71. The molecular weight excluding hydrogens is 336 g/mol. The van der Waals surface area contributed by atoms with E-state index in [0.29, 0.717) is 13.1 Å². The van der Waals surface area contributed by atoms with Crippen LogP contribution in [0.15, 0.2) is 6.07 Å². The highest BCUT2D eigenvalue weighted by Gasteiger charge is 2.15. The number of ether oxygens (including phenoxy) is 1. The Labute approximate surface area is 144 Å². The lowest BCUT2D eigenvalue weighted by molar-refractivity contribution is 0.0528. The van der Waals surface area contributed by atoms with Crippen LogP contribution >= 0.6 is 22.9 Å². The Kier molecular flexibility index (Phi) is 5.64. The van der Waals surface area contributed by atoms with Crippen LogP contribution in [-0.2, 0) is 4.74 Å². The molecule has 8 heteroatoms. The van der Waals surface area contributed by atoms with E-state index in [0.717, 1.165) is 27.3 Å². The fraction of sp³-hybridized carbons (Fsp3) is 0.533. The predicted molar refractivity (Wildman–Crippen MR) is 94.5 cm³/mol. The van der Waals surface area contributed by atoms with Gasteiger partial charge < -0.3 is 15.4 Å². The van der Waals surface area contributed by atoms with Crippen LogP contribution in [-0.4, -0.2) is 34.8 Å². The number of nitrogens with one attached hydrogen (secondary N) is 2. The second-order valence-corrected chi connectivity index (χ2v) is 7.70. The van der Waals surface area contributed by atoms with E-state index in [1.54, 1.807) is 11.3 Å². The lowest BCUT2D eigenvalue weighted by Crippen LogP contribution is -2.33. The monoisotopic (exact) mass is 356 g/mol.